The Morgan fingerprint density at radius 2 is 1.76 bits per heavy atom. The van der Waals surface area contributed by atoms with Gasteiger partial charge in [-0.15, -0.1) is 0 Å². The zero-order chi connectivity index (χ0) is 16.8. The van der Waals surface area contributed by atoms with Crippen molar-refractivity contribution in [2.45, 2.75) is 18.9 Å². The van der Waals surface area contributed by atoms with E-state index in [4.69, 9.17) is 11.6 Å². The van der Waals surface area contributed by atoms with E-state index in [1.807, 2.05) is 18.3 Å². The largest absolute Gasteiger partial charge is 0.368 e. The summed E-state index contributed by atoms with van der Waals surface area (Å²) in [4.78, 5) is 12.4. The number of piperidine rings is 3. The number of hydrogen-bond donors (Lipinski definition) is 0. The first kappa shape index (κ1) is 15.9. The summed E-state index contributed by atoms with van der Waals surface area (Å²) >= 11 is 6.13. The molecule has 0 aliphatic carbocycles. The van der Waals surface area contributed by atoms with E-state index >= 15 is 0 Å². The fourth-order valence-electron chi connectivity index (χ4n) is 5.02. The average Bonchev–Trinajstić information content (AvgIpc) is 2.68. The van der Waals surface area contributed by atoms with Crippen molar-refractivity contribution in [1.29, 1.82) is 0 Å². The molecule has 5 heterocycles. The van der Waals surface area contributed by atoms with Crippen molar-refractivity contribution in [1.82, 2.24) is 14.8 Å². The third-order valence-corrected chi connectivity index (χ3v) is 6.66. The number of aromatic nitrogens is 1. The van der Waals surface area contributed by atoms with Crippen molar-refractivity contribution >= 4 is 28.2 Å². The number of benzene rings is 1. The number of halogens is 1. The number of pyridine rings is 1. The highest BCUT2D eigenvalue weighted by molar-refractivity contribution is 6.31. The van der Waals surface area contributed by atoms with Crippen molar-refractivity contribution in [3.8, 4) is 0 Å². The molecule has 5 heteroatoms. The van der Waals surface area contributed by atoms with E-state index in [2.05, 4.69) is 31.8 Å². The zero-order valence-corrected chi connectivity index (χ0v) is 15.3. The lowest BCUT2D eigenvalue weighted by Crippen LogP contribution is -2.61. The van der Waals surface area contributed by atoms with Crippen LogP contribution in [-0.4, -0.2) is 66.6 Å². The molecule has 0 radical (unpaired) electrons. The molecule has 0 amide bonds. The number of rotatable bonds is 2. The maximum Gasteiger partial charge on any atom is 0.0737 e. The smallest absolute Gasteiger partial charge is 0.0737 e. The second-order valence-corrected chi connectivity index (χ2v) is 8.16. The van der Waals surface area contributed by atoms with Gasteiger partial charge in [0.15, 0.2) is 0 Å². The first-order valence-corrected chi connectivity index (χ1v) is 9.91. The molecule has 4 aliphatic heterocycles. The van der Waals surface area contributed by atoms with Gasteiger partial charge in [0.05, 0.1) is 5.52 Å². The molecule has 4 saturated heterocycles. The van der Waals surface area contributed by atoms with E-state index in [0.717, 1.165) is 35.6 Å². The van der Waals surface area contributed by atoms with Gasteiger partial charge in [-0.25, -0.2) is 0 Å². The van der Waals surface area contributed by atoms with Gasteiger partial charge >= 0.3 is 0 Å². The van der Waals surface area contributed by atoms with E-state index in [-0.39, 0.29) is 0 Å². The topological polar surface area (TPSA) is 22.6 Å². The normalized spacial score (nSPS) is 30.1. The molecule has 2 bridgehead atoms. The molecule has 4 aliphatic rings. The third-order valence-electron chi connectivity index (χ3n) is 6.43. The monoisotopic (exact) mass is 356 g/mol. The van der Waals surface area contributed by atoms with E-state index < -0.39 is 0 Å². The number of anilines is 1. The molecule has 1 aromatic heterocycles. The standard InChI is InChI=1S/C20H25ClN4/c21-16-1-2-17-18(13-16)22-6-3-19(17)24-9-11-25(12-10-24)20-14-23-7-4-15(20)5-8-23/h1-3,6,13,15,20H,4-5,7-12,14H2/t20-/m1/s1. The Hall–Kier alpha value is -1.36. The number of nitrogens with zero attached hydrogens (tertiary/aromatic N) is 4. The van der Waals surface area contributed by atoms with Gasteiger partial charge in [0, 0.05) is 61.1 Å². The highest BCUT2D eigenvalue weighted by Crippen LogP contribution is 2.33. The molecular weight excluding hydrogens is 332 g/mol. The first-order valence-electron chi connectivity index (χ1n) is 9.53. The highest BCUT2D eigenvalue weighted by atomic mass is 35.5. The Bertz CT molecular complexity index is 763. The van der Waals surface area contributed by atoms with Gasteiger partial charge < -0.3 is 9.80 Å². The van der Waals surface area contributed by atoms with Gasteiger partial charge in [-0.2, -0.15) is 0 Å². The molecule has 132 valence electrons. The molecule has 0 N–H and O–H groups in total. The van der Waals surface area contributed by atoms with Crippen LogP contribution in [-0.2, 0) is 0 Å². The van der Waals surface area contributed by atoms with Crippen molar-refractivity contribution < 1.29 is 0 Å². The molecule has 0 saturated carbocycles. The summed E-state index contributed by atoms with van der Waals surface area (Å²) < 4.78 is 0. The van der Waals surface area contributed by atoms with Crippen LogP contribution in [0.25, 0.3) is 10.9 Å². The lowest BCUT2D eigenvalue weighted by molar-refractivity contribution is 0.00313. The van der Waals surface area contributed by atoms with Gasteiger partial charge in [0.25, 0.3) is 0 Å². The van der Waals surface area contributed by atoms with Crippen LogP contribution in [0, 0.1) is 5.92 Å². The minimum absolute atomic E-state index is 0.754. The zero-order valence-electron chi connectivity index (χ0n) is 14.6. The summed E-state index contributed by atoms with van der Waals surface area (Å²) in [6.45, 7) is 8.50. The van der Waals surface area contributed by atoms with Gasteiger partial charge in [0.2, 0.25) is 0 Å². The van der Waals surface area contributed by atoms with E-state index in [1.165, 1.54) is 56.6 Å². The van der Waals surface area contributed by atoms with Crippen LogP contribution in [0.3, 0.4) is 0 Å². The summed E-state index contributed by atoms with van der Waals surface area (Å²) in [7, 11) is 0. The molecule has 25 heavy (non-hydrogen) atoms. The minimum atomic E-state index is 0.754. The molecule has 2 aromatic rings. The summed E-state index contributed by atoms with van der Waals surface area (Å²) in [6.07, 6.45) is 4.72. The minimum Gasteiger partial charge on any atom is -0.368 e. The second-order valence-electron chi connectivity index (χ2n) is 7.72. The van der Waals surface area contributed by atoms with E-state index in [0.29, 0.717) is 0 Å². The number of hydrogen-bond acceptors (Lipinski definition) is 4. The molecule has 4 fully saturated rings. The van der Waals surface area contributed by atoms with E-state index in [9.17, 15) is 0 Å². The Balaban J connectivity index is 1.32. The van der Waals surface area contributed by atoms with Crippen molar-refractivity contribution in [2.75, 3.05) is 50.7 Å². The van der Waals surface area contributed by atoms with Crippen LogP contribution in [0.15, 0.2) is 30.5 Å². The molecule has 6 rings (SSSR count). The van der Waals surface area contributed by atoms with Crippen LogP contribution in [0.5, 0.6) is 0 Å². The molecule has 0 spiro atoms. The number of piperazine rings is 1. The molecule has 1 atom stereocenters. The van der Waals surface area contributed by atoms with E-state index in [1.54, 1.807) is 0 Å². The van der Waals surface area contributed by atoms with Gasteiger partial charge in [-0.3, -0.25) is 9.88 Å². The fourth-order valence-corrected chi connectivity index (χ4v) is 5.19. The number of fused-ring (bicyclic) bond motifs is 4. The third kappa shape index (κ3) is 2.90. The molecule has 0 unspecified atom stereocenters. The molecule has 4 nitrogen and oxygen atoms in total. The van der Waals surface area contributed by atoms with Gasteiger partial charge in [-0.05, 0) is 56.1 Å². The summed E-state index contributed by atoms with van der Waals surface area (Å²) in [5.74, 6) is 0.931. The van der Waals surface area contributed by atoms with Crippen molar-refractivity contribution in [3.05, 3.63) is 35.5 Å². The lowest BCUT2D eigenvalue weighted by Gasteiger charge is -2.51. The predicted molar refractivity (Wildman–Crippen MR) is 103 cm³/mol. The maximum absolute atomic E-state index is 6.13. The summed E-state index contributed by atoms with van der Waals surface area (Å²) in [5.41, 5.74) is 2.29. The fraction of sp³-hybridized carbons (Fsp3) is 0.550. The lowest BCUT2D eigenvalue weighted by atomic mass is 9.83. The highest BCUT2D eigenvalue weighted by Gasteiger charge is 2.38. The SMILES string of the molecule is Clc1ccc2c(N3CCN([C@@H]4CN5CCC4CC5)CC3)ccnc2c1. The predicted octanol–water partition coefficient (Wildman–Crippen LogP) is 3.10. The maximum atomic E-state index is 6.13. The Kier molecular flexibility index (Phi) is 4.07. The Morgan fingerprint density at radius 1 is 0.960 bits per heavy atom. The van der Waals surface area contributed by atoms with Crippen molar-refractivity contribution in [2.24, 2.45) is 5.92 Å². The van der Waals surface area contributed by atoms with Gasteiger partial charge in [0.1, 0.15) is 0 Å². The van der Waals surface area contributed by atoms with Crippen LogP contribution < -0.4 is 4.90 Å². The Labute approximate surface area is 154 Å². The van der Waals surface area contributed by atoms with Crippen molar-refractivity contribution in [3.63, 3.8) is 0 Å². The average molecular weight is 357 g/mol. The van der Waals surface area contributed by atoms with Crippen LogP contribution in [0.1, 0.15) is 12.8 Å². The van der Waals surface area contributed by atoms with Crippen LogP contribution in [0.2, 0.25) is 5.02 Å². The second kappa shape index (κ2) is 6.42. The van der Waals surface area contributed by atoms with Crippen LogP contribution in [0.4, 0.5) is 5.69 Å². The molecule has 1 aromatic carbocycles. The Morgan fingerprint density at radius 3 is 2.48 bits per heavy atom. The quantitative estimate of drug-likeness (QED) is 0.824. The van der Waals surface area contributed by atoms with Gasteiger partial charge in [-0.1, -0.05) is 11.6 Å². The van der Waals surface area contributed by atoms with Crippen LogP contribution >= 0.6 is 11.6 Å². The first-order chi connectivity index (χ1) is 12.3. The molecular formula is C20H25ClN4. The summed E-state index contributed by atoms with van der Waals surface area (Å²) in [6, 6.07) is 8.99. The summed E-state index contributed by atoms with van der Waals surface area (Å²) in [5, 5.41) is 1.97.